The van der Waals surface area contributed by atoms with Crippen molar-refractivity contribution in [1.82, 2.24) is 0 Å². The van der Waals surface area contributed by atoms with Crippen LogP contribution in [0.5, 0.6) is 0 Å². The van der Waals surface area contributed by atoms with Crippen molar-refractivity contribution < 1.29 is 25.9 Å². The maximum atomic E-state index is 9.86. The maximum absolute atomic E-state index is 9.86. The van der Waals surface area contributed by atoms with Gasteiger partial charge in [-0.05, 0) is 11.8 Å². The van der Waals surface area contributed by atoms with E-state index in [2.05, 4.69) is 0 Å². The monoisotopic (exact) mass is 328 g/mol. The Hall–Kier alpha value is -0.180. The zero-order valence-corrected chi connectivity index (χ0v) is 13.2. The van der Waals surface area contributed by atoms with Crippen molar-refractivity contribution in [2.24, 2.45) is 11.8 Å². The molecule has 0 spiro atoms. The molecule has 0 saturated heterocycles. The molecule has 2 saturated carbocycles. The second-order valence-electron chi connectivity index (χ2n) is 5.66. The Morgan fingerprint density at radius 3 is 1.10 bits per heavy atom. The molecule has 20 heavy (non-hydrogen) atoms. The number of hydrogen-bond acceptors (Lipinski definition) is 4. The standard InChI is InChI=1S/C10H18.C2H6O6S2/c1-2-6-9(5-1)10-7-3-4-8-10;3-9(4,5)1-2-10(6,7)8/h9-10H,1-8H2;1-2H2,(H,3,4,5)(H,6,7,8). The average molecular weight is 328 g/mol. The van der Waals surface area contributed by atoms with Gasteiger partial charge in [-0.15, -0.1) is 0 Å². The van der Waals surface area contributed by atoms with Crippen molar-refractivity contribution in [2.45, 2.75) is 51.4 Å². The largest absolute Gasteiger partial charge is 0.286 e. The third-order valence-electron chi connectivity index (χ3n) is 4.07. The van der Waals surface area contributed by atoms with Gasteiger partial charge in [0, 0.05) is 0 Å². The van der Waals surface area contributed by atoms with Crippen molar-refractivity contribution in [2.75, 3.05) is 11.5 Å². The molecule has 2 aliphatic carbocycles. The van der Waals surface area contributed by atoms with Gasteiger partial charge in [0.1, 0.15) is 0 Å². The highest BCUT2D eigenvalue weighted by Gasteiger charge is 2.26. The Morgan fingerprint density at radius 1 is 0.650 bits per heavy atom. The third kappa shape index (κ3) is 8.18. The van der Waals surface area contributed by atoms with E-state index in [1.165, 1.54) is 25.7 Å². The molecule has 8 heteroatoms. The summed E-state index contributed by atoms with van der Waals surface area (Å²) >= 11 is 0. The van der Waals surface area contributed by atoms with Gasteiger partial charge in [-0.3, -0.25) is 9.11 Å². The molecule has 0 aromatic rings. The minimum atomic E-state index is -4.30. The Balaban J connectivity index is 0.000000200. The van der Waals surface area contributed by atoms with Gasteiger partial charge in [0.05, 0.1) is 11.5 Å². The van der Waals surface area contributed by atoms with Gasteiger partial charge in [-0.2, -0.15) is 16.8 Å². The van der Waals surface area contributed by atoms with Crippen LogP contribution >= 0.6 is 0 Å². The van der Waals surface area contributed by atoms with Crippen LogP contribution in [0, 0.1) is 11.8 Å². The van der Waals surface area contributed by atoms with Gasteiger partial charge in [0.2, 0.25) is 0 Å². The molecular formula is C12H24O6S2. The Kier molecular flexibility index (Phi) is 6.90. The van der Waals surface area contributed by atoms with E-state index in [0.717, 1.165) is 11.8 Å². The van der Waals surface area contributed by atoms with E-state index < -0.39 is 31.7 Å². The molecule has 0 radical (unpaired) electrons. The second kappa shape index (κ2) is 7.72. The van der Waals surface area contributed by atoms with E-state index in [9.17, 15) is 16.8 Å². The third-order valence-corrected chi connectivity index (χ3v) is 5.76. The average Bonchev–Trinajstić information content (AvgIpc) is 2.97. The lowest BCUT2D eigenvalue weighted by Crippen LogP contribution is -2.15. The van der Waals surface area contributed by atoms with E-state index in [4.69, 9.17) is 9.11 Å². The van der Waals surface area contributed by atoms with Gasteiger partial charge in [-0.1, -0.05) is 51.4 Å². The van der Waals surface area contributed by atoms with E-state index in [-0.39, 0.29) is 0 Å². The molecule has 0 aromatic heterocycles. The van der Waals surface area contributed by atoms with Crippen LogP contribution in [0.3, 0.4) is 0 Å². The molecule has 0 heterocycles. The molecule has 0 aliphatic heterocycles. The Labute approximate surface area is 121 Å². The van der Waals surface area contributed by atoms with Crippen molar-refractivity contribution >= 4 is 20.2 Å². The summed E-state index contributed by atoms with van der Waals surface area (Å²) in [6.07, 6.45) is 12.4. The summed E-state index contributed by atoms with van der Waals surface area (Å²) in [7, 11) is -8.59. The van der Waals surface area contributed by atoms with Gasteiger partial charge >= 0.3 is 0 Å². The van der Waals surface area contributed by atoms with Crippen LogP contribution < -0.4 is 0 Å². The summed E-state index contributed by atoms with van der Waals surface area (Å²) in [5.74, 6) is 0.350. The molecule has 2 fully saturated rings. The highest BCUT2D eigenvalue weighted by molar-refractivity contribution is 7.89. The normalized spacial score (nSPS) is 21.7. The summed E-state index contributed by atoms with van der Waals surface area (Å²) < 4.78 is 55.4. The number of hydrogen-bond donors (Lipinski definition) is 2. The fraction of sp³-hybridized carbons (Fsp3) is 1.00. The fourth-order valence-electron chi connectivity index (χ4n) is 3.07. The smallest absolute Gasteiger partial charge is 0.265 e. The quantitative estimate of drug-likeness (QED) is 0.765. The number of rotatable bonds is 4. The summed E-state index contributed by atoms with van der Waals surface area (Å²) in [5, 5.41) is 0. The van der Waals surface area contributed by atoms with Crippen LogP contribution in [-0.2, 0) is 20.2 Å². The van der Waals surface area contributed by atoms with Crippen LogP contribution in [0.15, 0.2) is 0 Å². The predicted octanol–water partition coefficient (Wildman–Crippen LogP) is 2.13. The first-order chi connectivity index (χ1) is 9.17. The van der Waals surface area contributed by atoms with Gasteiger partial charge < -0.3 is 0 Å². The van der Waals surface area contributed by atoms with Crippen molar-refractivity contribution in [3.63, 3.8) is 0 Å². The molecule has 120 valence electrons. The Morgan fingerprint density at radius 2 is 0.900 bits per heavy atom. The van der Waals surface area contributed by atoms with Crippen molar-refractivity contribution in [3.05, 3.63) is 0 Å². The van der Waals surface area contributed by atoms with Crippen LogP contribution in [0.1, 0.15) is 51.4 Å². The van der Waals surface area contributed by atoms with E-state index in [1.807, 2.05) is 0 Å². The van der Waals surface area contributed by atoms with Crippen LogP contribution in [0.2, 0.25) is 0 Å². The maximum Gasteiger partial charge on any atom is 0.265 e. The highest BCUT2D eigenvalue weighted by atomic mass is 32.2. The van der Waals surface area contributed by atoms with Gasteiger partial charge in [0.15, 0.2) is 0 Å². The van der Waals surface area contributed by atoms with Crippen molar-refractivity contribution in [3.8, 4) is 0 Å². The molecule has 2 N–H and O–H groups in total. The molecule has 2 rings (SSSR count). The SMILES string of the molecule is C1CCC(C2CCCC2)C1.O=S(=O)(O)CCS(=O)(=O)O. The van der Waals surface area contributed by atoms with Crippen LogP contribution in [0.25, 0.3) is 0 Å². The summed E-state index contributed by atoms with van der Waals surface area (Å²) in [4.78, 5) is 0. The summed E-state index contributed by atoms with van der Waals surface area (Å²) in [6.45, 7) is 0. The fourth-order valence-corrected chi connectivity index (χ4v) is 4.75. The van der Waals surface area contributed by atoms with E-state index in [1.54, 1.807) is 25.7 Å². The minimum absolute atomic E-state index is 0.980. The Bertz CT molecular complexity index is 424. The predicted molar refractivity (Wildman–Crippen MR) is 76.7 cm³/mol. The van der Waals surface area contributed by atoms with Gasteiger partial charge in [-0.25, -0.2) is 0 Å². The van der Waals surface area contributed by atoms with Gasteiger partial charge in [0.25, 0.3) is 20.2 Å². The molecule has 0 unspecified atom stereocenters. The molecule has 0 bridgehead atoms. The first-order valence-electron chi connectivity index (χ1n) is 7.08. The zero-order valence-electron chi connectivity index (χ0n) is 11.6. The second-order valence-corrected chi connectivity index (χ2v) is 8.81. The lowest BCUT2D eigenvalue weighted by Gasteiger charge is -2.16. The van der Waals surface area contributed by atoms with Crippen LogP contribution in [-0.4, -0.2) is 37.4 Å². The summed E-state index contributed by atoms with van der Waals surface area (Å²) in [6, 6.07) is 0. The highest BCUT2D eigenvalue weighted by Crippen LogP contribution is 2.39. The minimum Gasteiger partial charge on any atom is -0.286 e. The molecule has 2 aliphatic rings. The molecule has 0 amide bonds. The molecule has 0 aromatic carbocycles. The first kappa shape index (κ1) is 17.9. The first-order valence-corrected chi connectivity index (χ1v) is 10.3. The lowest BCUT2D eigenvalue weighted by molar-refractivity contribution is 0.347. The van der Waals surface area contributed by atoms with E-state index >= 15 is 0 Å². The summed E-state index contributed by atoms with van der Waals surface area (Å²) in [5.41, 5.74) is 0. The molecule has 6 nitrogen and oxygen atoms in total. The lowest BCUT2D eigenvalue weighted by atomic mass is 9.90. The molecular weight excluding hydrogens is 304 g/mol. The van der Waals surface area contributed by atoms with Crippen LogP contribution in [0.4, 0.5) is 0 Å². The van der Waals surface area contributed by atoms with Crippen molar-refractivity contribution in [1.29, 1.82) is 0 Å². The zero-order chi connectivity index (χ0) is 15.2. The topological polar surface area (TPSA) is 109 Å². The van der Waals surface area contributed by atoms with E-state index in [0.29, 0.717) is 0 Å². The molecule has 0 atom stereocenters.